The van der Waals surface area contributed by atoms with E-state index < -0.39 is 17.8 Å². The second-order valence-electron chi connectivity index (χ2n) is 6.48. The number of aromatic nitrogens is 1. The molecular formula is C23H20FNO5S. The van der Waals surface area contributed by atoms with Crippen molar-refractivity contribution in [2.75, 3.05) is 13.7 Å². The van der Waals surface area contributed by atoms with Gasteiger partial charge in [-0.1, -0.05) is 24.3 Å². The summed E-state index contributed by atoms with van der Waals surface area (Å²) in [5.74, 6) is -1.42. The first-order valence-corrected chi connectivity index (χ1v) is 10.3. The average Bonchev–Trinajstić information content (AvgIpc) is 3.02. The Kier molecular flexibility index (Phi) is 7.15. The van der Waals surface area contributed by atoms with E-state index in [0.29, 0.717) is 20.3 Å². The second kappa shape index (κ2) is 9.99. The minimum atomic E-state index is -0.559. The minimum absolute atomic E-state index is 0.180. The molecule has 0 aliphatic carbocycles. The van der Waals surface area contributed by atoms with Crippen molar-refractivity contribution in [1.29, 1.82) is 0 Å². The third-order valence-electron chi connectivity index (χ3n) is 4.33. The average molecular weight is 441 g/mol. The molecule has 1 aromatic heterocycles. The number of hydrogen-bond acceptors (Lipinski definition) is 6. The van der Waals surface area contributed by atoms with Gasteiger partial charge in [-0.15, -0.1) is 11.3 Å². The fraction of sp³-hybridized carbons (Fsp3) is 0.174. The fourth-order valence-corrected chi connectivity index (χ4v) is 3.90. The van der Waals surface area contributed by atoms with Crippen LogP contribution in [0.15, 0.2) is 53.3 Å². The highest BCUT2D eigenvalue weighted by atomic mass is 32.1. The third kappa shape index (κ3) is 5.55. The van der Waals surface area contributed by atoms with E-state index in [1.165, 1.54) is 29.9 Å². The summed E-state index contributed by atoms with van der Waals surface area (Å²) < 4.78 is 25.4. The summed E-state index contributed by atoms with van der Waals surface area (Å²) in [6.07, 6.45) is 2.84. The molecule has 0 bridgehead atoms. The Morgan fingerprint density at radius 2 is 1.90 bits per heavy atom. The molecule has 0 spiro atoms. The van der Waals surface area contributed by atoms with Crippen molar-refractivity contribution in [2.45, 2.75) is 13.5 Å². The number of thiazole rings is 1. The number of esters is 2. The molecule has 0 amide bonds. The van der Waals surface area contributed by atoms with Crippen LogP contribution in [0.3, 0.4) is 0 Å². The molecule has 6 nitrogen and oxygen atoms in total. The van der Waals surface area contributed by atoms with E-state index in [-0.39, 0.29) is 18.7 Å². The molecule has 0 radical (unpaired) electrons. The molecule has 8 heteroatoms. The molecule has 1 heterocycles. The first kappa shape index (κ1) is 22.2. The smallest absolute Gasteiger partial charge is 0.337 e. The quantitative estimate of drug-likeness (QED) is 0.548. The summed E-state index contributed by atoms with van der Waals surface area (Å²) in [5.41, 5.74) is 1.36. The molecule has 0 N–H and O–H groups in total. The number of methoxy groups -OCH3 is 1. The van der Waals surface area contributed by atoms with E-state index in [0.717, 1.165) is 16.9 Å². The van der Waals surface area contributed by atoms with Gasteiger partial charge in [0.25, 0.3) is 5.56 Å². The number of ether oxygens (including phenoxy) is 2. The van der Waals surface area contributed by atoms with E-state index >= 15 is 0 Å². The van der Waals surface area contributed by atoms with E-state index in [9.17, 15) is 18.8 Å². The monoisotopic (exact) mass is 441 g/mol. The minimum Gasteiger partial charge on any atom is -0.465 e. The van der Waals surface area contributed by atoms with E-state index in [4.69, 9.17) is 4.74 Å². The Balaban J connectivity index is 2.07. The SMILES string of the molecule is CCOC(=O)/C=c1\s/c(=C\c2cccc(F)c2)c(=O)n1Cc1ccc(C(=O)OC)cc1. The van der Waals surface area contributed by atoms with Gasteiger partial charge in [-0.25, -0.2) is 14.0 Å². The highest BCUT2D eigenvalue weighted by molar-refractivity contribution is 7.07. The maximum Gasteiger partial charge on any atom is 0.337 e. The molecule has 0 aliphatic heterocycles. The molecule has 0 atom stereocenters. The van der Waals surface area contributed by atoms with Crippen molar-refractivity contribution < 1.29 is 23.5 Å². The van der Waals surface area contributed by atoms with Gasteiger partial charge >= 0.3 is 11.9 Å². The second-order valence-corrected chi connectivity index (χ2v) is 7.54. The van der Waals surface area contributed by atoms with Gasteiger partial charge in [0.2, 0.25) is 0 Å². The van der Waals surface area contributed by atoms with Crippen LogP contribution < -0.4 is 14.8 Å². The van der Waals surface area contributed by atoms with Gasteiger partial charge in [0.05, 0.1) is 36.4 Å². The van der Waals surface area contributed by atoms with Gasteiger partial charge in [-0.2, -0.15) is 0 Å². The molecule has 0 aliphatic rings. The zero-order valence-corrected chi connectivity index (χ0v) is 17.8. The standard InChI is InChI=1S/C23H20FNO5S/c1-3-30-21(26)13-20-25(14-15-7-9-17(10-8-15)23(28)29-2)22(27)19(31-20)12-16-5-4-6-18(24)11-16/h4-13H,3,14H2,1-2H3/b19-12-,20-13-. The Labute approximate surface area is 181 Å². The number of nitrogens with zero attached hydrogens (tertiary/aromatic N) is 1. The van der Waals surface area contributed by atoms with Gasteiger partial charge in [0.15, 0.2) is 0 Å². The zero-order chi connectivity index (χ0) is 22.4. The maximum absolute atomic E-state index is 13.5. The molecule has 31 heavy (non-hydrogen) atoms. The predicted molar refractivity (Wildman–Crippen MR) is 116 cm³/mol. The number of carbonyl (C=O) groups excluding carboxylic acids is 2. The summed E-state index contributed by atoms with van der Waals surface area (Å²) >= 11 is 1.11. The van der Waals surface area contributed by atoms with E-state index in [1.54, 1.807) is 49.4 Å². The third-order valence-corrected chi connectivity index (χ3v) is 5.39. The lowest BCUT2D eigenvalue weighted by molar-refractivity contribution is -0.135. The van der Waals surface area contributed by atoms with Crippen LogP contribution in [0.5, 0.6) is 0 Å². The molecule has 0 saturated heterocycles. The Morgan fingerprint density at radius 1 is 1.16 bits per heavy atom. The summed E-state index contributed by atoms with van der Waals surface area (Å²) in [6, 6.07) is 12.5. The van der Waals surface area contributed by atoms with Crippen molar-refractivity contribution in [3.8, 4) is 0 Å². The molecule has 160 valence electrons. The van der Waals surface area contributed by atoms with Crippen LogP contribution >= 0.6 is 11.3 Å². The number of benzene rings is 2. The van der Waals surface area contributed by atoms with Crippen molar-refractivity contribution in [3.05, 3.63) is 90.6 Å². The van der Waals surface area contributed by atoms with Crippen LogP contribution in [0, 0.1) is 5.82 Å². The van der Waals surface area contributed by atoms with Gasteiger partial charge in [0, 0.05) is 0 Å². The molecule has 0 fully saturated rings. The summed E-state index contributed by atoms with van der Waals surface area (Å²) in [5, 5.41) is 0. The molecule has 0 unspecified atom stereocenters. The first-order chi connectivity index (χ1) is 14.9. The number of halogens is 1. The molecule has 3 aromatic rings. The van der Waals surface area contributed by atoms with Crippen LogP contribution in [0.1, 0.15) is 28.4 Å². The van der Waals surface area contributed by atoms with Crippen LogP contribution in [0.25, 0.3) is 12.2 Å². The lowest BCUT2D eigenvalue weighted by Crippen LogP contribution is -2.32. The molecule has 0 saturated carbocycles. The lowest BCUT2D eigenvalue weighted by atomic mass is 10.1. The first-order valence-electron chi connectivity index (χ1n) is 9.44. The summed E-state index contributed by atoms with van der Waals surface area (Å²) in [6.45, 7) is 2.08. The normalized spacial score (nSPS) is 12.1. The number of hydrogen-bond donors (Lipinski definition) is 0. The fourth-order valence-electron chi connectivity index (χ4n) is 2.87. The van der Waals surface area contributed by atoms with Crippen molar-refractivity contribution in [1.82, 2.24) is 4.57 Å². The zero-order valence-electron chi connectivity index (χ0n) is 17.0. The summed E-state index contributed by atoms with van der Waals surface area (Å²) in [4.78, 5) is 36.7. The molecular weight excluding hydrogens is 421 g/mol. The van der Waals surface area contributed by atoms with Crippen LogP contribution in [-0.2, 0) is 20.8 Å². The Bertz CT molecular complexity index is 1270. The maximum atomic E-state index is 13.5. The lowest BCUT2D eigenvalue weighted by Gasteiger charge is -2.04. The molecule has 2 aromatic carbocycles. The van der Waals surface area contributed by atoms with Gasteiger partial charge in [0.1, 0.15) is 10.5 Å². The van der Waals surface area contributed by atoms with Crippen molar-refractivity contribution in [2.24, 2.45) is 0 Å². The number of rotatable bonds is 6. The highest BCUT2D eigenvalue weighted by Gasteiger charge is 2.10. The van der Waals surface area contributed by atoms with Crippen LogP contribution in [0.2, 0.25) is 0 Å². The van der Waals surface area contributed by atoms with E-state index in [2.05, 4.69) is 4.74 Å². The van der Waals surface area contributed by atoms with Crippen LogP contribution in [-0.4, -0.2) is 30.2 Å². The topological polar surface area (TPSA) is 74.6 Å². The number of carbonyl (C=O) groups is 2. The Morgan fingerprint density at radius 3 is 2.55 bits per heavy atom. The largest absolute Gasteiger partial charge is 0.465 e. The van der Waals surface area contributed by atoms with E-state index in [1.807, 2.05) is 0 Å². The van der Waals surface area contributed by atoms with Crippen molar-refractivity contribution in [3.63, 3.8) is 0 Å². The van der Waals surface area contributed by atoms with Crippen molar-refractivity contribution >= 4 is 35.4 Å². The highest BCUT2D eigenvalue weighted by Crippen LogP contribution is 2.07. The Hall–Kier alpha value is -3.52. The molecule has 3 rings (SSSR count). The van der Waals surface area contributed by atoms with Gasteiger partial charge in [-0.05, 0) is 48.4 Å². The predicted octanol–water partition coefficient (Wildman–Crippen LogP) is 2.06. The summed E-state index contributed by atoms with van der Waals surface area (Å²) in [7, 11) is 1.30. The van der Waals surface area contributed by atoms with Gasteiger partial charge in [-0.3, -0.25) is 9.36 Å². The van der Waals surface area contributed by atoms with Crippen LogP contribution in [0.4, 0.5) is 4.39 Å². The van der Waals surface area contributed by atoms with Gasteiger partial charge < -0.3 is 9.47 Å².